The molecule has 0 atom stereocenters. The van der Waals surface area contributed by atoms with Crippen molar-refractivity contribution in [2.24, 2.45) is 0 Å². The molecule has 0 bridgehead atoms. The molecule has 1 saturated heterocycles. The first kappa shape index (κ1) is 21.3. The highest BCUT2D eigenvalue weighted by Gasteiger charge is 2.25. The molecule has 8 heteroatoms. The maximum Gasteiger partial charge on any atom is 0.275 e. The van der Waals surface area contributed by atoms with Gasteiger partial charge in [0, 0.05) is 30.7 Å². The number of nitrogens with zero attached hydrogens (tertiary/aromatic N) is 3. The minimum absolute atomic E-state index is 0.282. The molecule has 162 valence electrons. The fourth-order valence-corrected chi connectivity index (χ4v) is 5.38. The molecule has 1 aliphatic heterocycles. The first-order chi connectivity index (χ1) is 14.8. The molecule has 1 aliphatic rings. The van der Waals surface area contributed by atoms with E-state index in [2.05, 4.69) is 10.3 Å². The van der Waals surface area contributed by atoms with Crippen LogP contribution in [0.3, 0.4) is 0 Å². The Morgan fingerprint density at radius 2 is 1.61 bits per heavy atom. The molecule has 31 heavy (non-hydrogen) atoms. The van der Waals surface area contributed by atoms with E-state index in [0.717, 1.165) is 41.8 Å². The monoisotopic (exact) mass is 438 g/mol. The summed E-state index contributed by atoms with van der Waals surface area (Å²) >= 11 is 0. The molecule has 0 unspecified atom stereocenters. The smallest absolute Gasteiger partial charge is 0.275 e. The molecular formula is C23H26N4O3S. The van der Waals surface area contributed by atoms with Crippen LogP contribution in [0, 0.1) is 13.8 Å². The lowest BCUT2D eigenvalue weighted by atomic mass is 10.1. The topological polar surface area (TPSA) is 84.3 Å². The van der Waals surface area contributed by atoms with Crippen LogP contribution in [-0.4, -0.2) is 41.3 Å². The van der Waals surface area contributed by atoms with E-state index in [-0.39, 0.29) is 16.5 Å². The van der Waals surface area contributed by atoms with E-state index >= 15 is 0 Å². The van der Waals surface area contributed by atoms with Crippen LogP contribution in [0.15, 0.2) is 59.9 Å². The lowest BCUT2D eigenvalue weighted by Gasteiger charge is -2.25. The van der Waals surface area contributed by atoms with Crippen molar-refractivity contribution in [2.45, 2.75) is 38.0 Å². The summed E-state index contributed by atoms with van der Waals surface area (Å²) < 4.78 is 28.9. The van der Waals surface area contributed by atoms with Gasteiger partial charge in [-0.1, -0.05) is 12.5 Å². The fraction of sp³-hybridized carbons (Fsp3) is 0.304. The van der Waals surface area contributed by atoms with E-state index in [0.29, 0.717) is 13.1 Å². The van der Waals surface area contributed by atoms with Crippen molar-refractivity contribution < 1.29 is 13.2 Å². The first-order valence-electron chi connectivity index (χ1n) is 10.4. The summed E-state index contributed by atoms with van der Waals surface area (Å²) in [5.41, 5.74) is 3.88. The molecular weight excluding hydrogens is 412 g/mol. The third-order valence-electron chi connectivity index (χ3n) is 5.38. The highest BCUT2D eigenvalue weighted by Crippen LogP contribution is 2.22. The zero-order valence-electron chi connectivity index (χ0n) is 17.7. The number of rotatable bonds is 5. The Balaban J connectivity index is 1.49. The Labute approximate surface area is 182 Å². The predicted octanol–water partition coefficient (Wildman–Crippen LogP) is 3.92. The first-order valence-corrected chi connectivity index (χ1v) is 11.8. The highest BCUT2D eigenvalue weighted by atomic mass is 32.2. The summed E-state index contributed by atoms with van der Waals surface area (Å²) in [5, 5.41) is 2.87. The van der Waals surface area contributed by atoms with Crippen molar-refractivity contribution in [3.8, 4) is 5.69 Å². The number of imidazole rings is 1. The van der Waals surface area contributed by atoms with Gasteiger partial charge in [-0.2, -0.15) is 4.31 Å². The van der Waals surface area contributed by atoms with Gasteiger partial charge >= 0.3 is 0 Å². The Bertz CT molecular complexity index is 1170. The van der Waals surface area contributed by atoms with E-state index in [1.165, 1.54) is 0 Å². The van der Waals surface area contributed by atoms with E-state index < -0.39 is 10.0 Å². The quantitative estimate of drug-likeness (QED) is 0.654. The van der Waals surface area contributed by atoms with Gasteiger partial charge in [-0.15, -0.1) is 0 Å². The molecule has 4 rings (SSSR count). The Morgan fingerprint density at radius 1 is 0.968 bits per heavy atom. The number of benzene rings is 2. The van der Waals surface area contributed by atoms with Crippen LogP contribution in [0.5, 0.6) is 0 Å². The van der Waals surface area contributed by atoms with Gasteiger partial charge in [-0.05, 0) is 74.2 Å². The summed E-state index contributed by atoms with van der Waals surface area (Å²) in [6.45, 7) is 5.11. The Kier molecular flexibility index (Phi) is 5.93. The van der Waals surface area contributed by atoms with E-state index in [1.54, 1.807) is 45.7 Å². The van der Waals surface area contributed by atoms with E-state index in [9.17, 15) is 13.2 Å². The minimum atomic E-state index is -3.47. The number of nitrogens with one attached hydrogen (secondary N) is 1. The van der Waals surface area contributed by atoms with Gasteiger partial charge < -0.3 is 9.88 Å². The lowest BCUT2D eigenvalue weighted by Crippen LogP contribution is -2.35. The van der Waals surface area contributed by atoms with Crippen molar-refractivity contribution >= 4 is 21.6 Å². The number of carbonyl (C=O) groups excluding carboxylic acids is 1. The molecule has 1 fully saturated rings. The van der Waals surface area contributed by atoms with Crippen molar-refractivity contribution in [3.05, 3.63) is 71.8 Å². The van der Waals surface area contributed by atoms with Gasteiger partial charge in [0.15, 0.2) is 0 Å². The van der Waals surface area contributed by atoms with Crippen molar-refractivity contribution in [2.75, 3.05) is 18.4 Å². The van der Waals surface area contributed by atoms with Crippen LogP contribution < -0.4 is 5.32 Å². The summed E-state index contributed by atoms with van der Waals surface area (Å²) in [4.78, 5) is 17.1. The maximum atomic E-state index is 12.8. The number of amides is 1. The fourth-order valence-electron chi connectivity index (χ4n) is 3.87. The molecule has 0 spiro atoms. The zero-order chi connectivity index (χ0) is 22.0. The average molecular weight is 439 g/mol. The minimum Gasteiger partial charge on any atom is -0.321 e. The maximum absolute atomic E-state index is 12.8. The molecule has 1 aromatic heterocycles. The standard InChI is InChI=1S/C23H26N4O3S/c1-17-12-18(2)14-19(13-17)25-23(28)22-15-26(16-24-22)20-6-8-21(9-7-20)31(29,30)27-10-4-3-5-11-27/h6-9,12-16H,3-5,10-11H2,1-2H3,(H,25,28). The van der Waals surface area contributed by atoms with E-state index in [4.69, 9.17) is 0 Å². The molecule has 0 aliphatic carbocycles. The predicted molar refractivity (Wildman–Crippen MR) is 120 cm³/mol. The zero-order valence-corrected chi connectivity index (χ0v) is 18.5. The largest absolute Gasteiger partial charge is 0.321 e. The number of piperidine rings is 1. The van der Waals surface area contributed by atoms with Crippen LogP contribution in [0.25, 0.3) is 5.69 Å². The van der Waals surface area contributed by atoms with Crippen LogP contribution in [-0.2, 0) is 10.0 Å². The average Bonchev–Trinajstić information content (AvgIpc) is 3.24. The number of anilines is 1. The number of aromatic nitrogens is 2. The number of hydrogen-bond acceptors (Lipinski definition) is 4. The SMILES string of the molecule is Cc1cc(C)cc(NC(=O)c2cn(-c3ccc(S(=O)(=O)N4CCCCC4)cc3)cn2)c1. The van der Waals surface area contributed by atoms with Crippen LogP contribution in [0.2, 0.25) is 0 Å². The van der Waals surface area contributed by atoms with Gasteiger partial charge in [0.1, 0.15) is 12.0 Å². The summed E-state index contributed by atoms with van der Waals surface area (Å²) in [6.07, 6.45) is 6.06. The molecule has 3 aromatic rings. The number of aryl methyl sites for hydroxylation is 2. The van der Waals surface area contributed by atoms with Gasteiger partial charge in [-0.25, -0.2) is 13.4 Å². The molecule has 0 saturated carbocycles. The van der Waals surface area contributed by atoms with Crippen LogP contribution in [0.1, 0.15) is 40.9 Å². The van der Waals surface area contributed by atoms with Crippen molar-refractivity contribution in [3.63, 3.8) is 0 Å². The summed E-state index contributed by atoms with van der Waals surface area (Å²) in [7, 11) is -3.47. The third kappa shape index (κ3) is 4.70. The number of carbonyl (C=O) groups is 1. The summed E-state index contributed by atoms with van der Waals surface area (Å²) in [6, 6.07) is 12.5. The Morgan fingerprint density at radius 3 is 2.26 bits per heavy atom. The summed E-state index contributed by atoms with van der Waals surface area (Å²) in [5.74, 6) is -0.298. The van der Waals surface area contributed by atoms with Gasteiger partial charge in [-0.3, -0.25) is 4.79 Å². The number of hydrogen-bond donors (Lipinski definition) is 1. The van der Waals surface area contributed by atoms with Gasteiger partial charge in [0.2, 0.25) is 10.0 Å². The Hall–Kier alpha value is -2.97. The molecule has 0 radical (unpaired) electrons. The molecule has 2 aromatic carbocycles. The van der Waals surface area contributed by atoms with Crippen molar-refractivity contribution in [1.82, 2.24) is 13.9 Å². The number of sulfonamides is 1. The molecule has 1 amide bonds. The highest BCUT2D eigenvalue weighted by molar-refractivity contribution is 7.89. The molecule has 1 N–H and O–H groups in total. The normalized spacial score (nSPS) is 15.0. The van der Waals surface area contributed by atoms with Crippen LogP contribution >= 0.6 is 0 Å². The second kappa shape index (κ2) is 8.64. The lowest BCUT2D eigenvalue weighted by molar-refractivity contribution is 0.102. The molecule has 7 nitrogen and oxygen atoms in total. The van der Waals surface area contributed by atoms with Crippen molar-refractivity contribution in [1.29, 1.82) is 0 Å². The second-order valence-electron chi connectivity index (χ2n) is 7.96. The molecule has 2 heterocycles. The van der Waals surface area contributed by atoms with E-state index in [1.807, 2.05) is 32.0 Å². The van der Waals surface area contributed by atoms with Crippen LogP contribution in [0.4, 0.5) is 5.69 Å². The second-order valence-corrected chi connectivity index (χ2v) is 9.89. The van der Waals surface area contributed by atoms with Gasteiger partial charge in [0.05, 0.1) is 4.90 Å². The third-order valence-corrected chi connectivity index (χ3v) is 7.30. The van der Waals surface area contributed by atoms with Gasteiger partial charge in [0.25, 0.3) is 5.91 Å².